The molecule has 0 aromatic heterocycles. The minimum atomic E-state index is -0.409. The molecule has 0 aromatic rings. The first kappa shape index (κ1) is 26.0. The molecule has 0 radical (unpaired) electrons. The number of alkyl carbamates (subject to hydrolysis) is 1. The van der Waals surface area contributed by atoms with Gasteiger partial charge in [-0.3, -0.25) is 5.32 Å². The molecule has 0 aliphatic heterocycles. The van der Waals surface area contributed by atoms with Gasteiger partial charge in [-0.1, -0.05) is 72.0 Å². The third kappa shape index (κ3) is 8.78. The van der Waals surface area contributed by atoms with E-state index in [-0.39, 0.29) is 6.10 Å². The molecule has 5 heteroatoms. The Morgan fingerprint density at radius 2 is 2.03 bits per heavy atom. The van der Waals surface area contributed by atoms with Crippen LogP contribution in [0.1, 0.15) is 46.5 Å². The quantitative estimate of drug-likeness (QED) is 0.268. The van der Waals surface area contributed by atoms with E-state index in [1.807, 2.05) is 76.3 Å². The van der Waals surface area contributed by atoms with Crippen LogP contribution in [0.25, 0.3) is 0 Å². The summed E-state index contributed by atoms with van der Waals surface area (Å²) in [5, 5.41) is 2.99. The number of ether oxygens (including phenoxy) is 1. The van der Waals surface area contributed by atoms with Gasteiger partial charge in [0.15, 0.2) is 0 Å². The molecule has 0 heterocycles. The highest BCUT2D eigenvalue weighted by Crippen LogP contribution is 2.38. The highest BCUT2D eigenvalue weighted by molar-refractivity contribution is 9.09. The predicted octanol–water partition coefficient (Wildman–Crippen LogP) is 6.65. The number of carbonyl (C=O) groups is 1. The molecule has 1 rings (SSSR count). The molecule has 1 fully saturated rings. The fourth-order valence-corrected chi connectivity index (χ4v) is 4.32. The van der Waals surface area contributed by atoms with Crippen LogP contribution in [0.5, 0.6) is 0 Å². The molecule has 30 heavy (non-hydrogen) atoms. The van der Waals surface area contributed by atoms with E-state index in [1.54, 1.807) is 6.08 Å². The number of nitrogens with zero attached hydrogens (tertiary/aromatic N) is 1. The normalized spacial score (nSPS) is 21.5. The molecule has 1 unspecified atom stereocenters. The second-order valence-electron chi connectivity index (χ2n) is 7.57. The summed E-state index contributed by atoms with van der Waals surface area (Å²) in [6, 6.07) is 0. The largest absolute Gasteiger partial charge is 0.445 e. The minimum absolute atomic E-state index is 0.134. The third-order valence-electron chi connectivity index (χ3n) is 4.85. The molecule has 1 aliphatic carbocycles. The Hall–Kier alpha value is -2.01. The zero-order valence-corrected chi connectivity index (χ0v) is 20.6. The SMILES string of the molecule is C=C/C=C(\C=C/C)C(=C/C)/C(=C\CC)NC(=O)OC(C/C=C\N(C)C)C1CC(Br)C1. The lowest BCUT2D eigenvalue weighted by atomic mass is 9.80. The van der Waals surface area contributed by atoms with Crippen molar-refractivity contribution in [1.29, 1.82) is 0 Å². The van der Waals surface area contributed by atoms with Crippen molar-refractivity contribution in [1.82, 2.24) is 10.2 Å². The van der Waals surface area contributed by atoms with Crippen LogP contribution < -0.4 is 5.32 Å². The van der Waals surface area contributed by atoms with Crippen LogP contribution in [-0.2, 0) is 4.74 Å². The summed E-state index contributed by atoms with van der Waals surface area (Å²) in [5.74, 6) is 0.381. The van der Waals surface area contributed by atoms with Gasteiger partial charge in [0, 0.05) is 36.6 Å². The van der Waals surface area contributed by atoms with Crippen molar-refractivity contribution in [2.45, 2.75) is 57.4 Å². The van der Waals surface area contributed by atoms with Gasteiger partial charge in [-0.2, -0.15) is 0 Å². The van der Waals surface area contributed by atoms with Crippen LogP contribution in [0, 0.1) is 5.92 Å². The second kappa shape index (κ2) is 14.1. The third-order valence-corrected chi connectivity index (χ3v) is 5.60. The number of halogens is 1. The summed E-state index contributed by atoms with van der Waals surface area (Å²) < 4.78 is 5.89. The molecule has 1 atom stereocenters. The molecular formula is C25H37BrN2O2. The van der Waals surface area contributed by atoms with E-state index in [4.69, 9.17) is 4.74 Å². The lowest BCUT2D eigenvalue weighted by Crippen LogP contribution is -2.39. The first-order chi connectivity index (χ1) is 14.4. The number of amides is 1. The van der Waals surface area contributed by atoms with Crippen molar-refractivity contribution in [2.75, 3.05) is 14.1 Å². The number of hydrogen-bond donors (Lipinski definition) is 1. The van der Waals surface area contributed by atoms with Crippen molar-refractivity contribution < 1.29 is 9.53 Å². The Balaban J connectivity index is 2.95. The Kier molecular flexibility index (Phi) is 12.2. The van der Waals surface area contributed by atoms with E-state index in [0.29, 0.717) is 17.2 Å². The van der Waals surface area contributed by atoms with Gasteiger partial charge < -0.3 is 9.64 Å². The summed E-state index contributed by atoms with van der Waals surface area (Å²) >= 11 is 3.64. The van der Waals surface area contributed by atoms with E-state index in [2.05, 4.69) is 33.9 Å². The molecule has 0 saturated heterocycles. The van der Waals surface area contributed by atoms with Gasteiger partial charge in [0.05, 0.1) is 0 Å². The molecule has 1 amide bonds. The second-order valence-corrected chi connectivity index (χ2v) is 8.86. The van der Waals surface area contributed by atoms with E-state index in [9.17, 15) is 4.79 Å². The number of nitrogens with one attached hydrogen (secondary N) is 1. The molecule has 1 N–H and O–H groups in total. The van der Waals surface area contributed by atoms with Crippen molar-refractivity contribution in [3.05, 3.63) is 72.2 Å². The predicted molar refractivity (Wildman–Crippen MR) is 132 cm³/mol. The van der Waals surface area contributed by atoms with Gasteiger partial charge in [0.2, 0.25) is 0 Å². The lowest BCUT2D eigenvalue weighted by molar-refractivity contribution is 0.0394. The standard InChI is InChI=1S/C25H37BrN2O2/c1-7-12-19(13-8-2)22(10-4)23(14-9-3)27-25(29)30-24(15-11-16-28(5)6)20-17-21(26)18-20/h7-8,10-14,16,20-21,24H,1,9,15,17-18H2,2-6H3,(H,27,29)/b13-8-,16-11-,19-12+,22-10-,23-14+. The Morgan fingerprint density at radius 1 is 1.33 bits per heavy atom. The van der Waals surface area contributed by atoms with E-state index in [1.165, 1.54) is 0 Å². The molecule has 1 saturated carbocycles. The van der Waals surface area contributed by atoms with Gasteiger partial charge in [0.25, 0.3) is 0 Å². The van der Waals surface area contributed by atoms with Gasteiger partial charge in [-0.05, 0) is 50.8 Å². The maximum absolute atomic E-state index is 12.8. The minimum Gasteiger partial charge on any atom is -0.445 e. The monoisotopic (exact) mass is 476 g/mol. The van der Waals surface area contributed by atoms with Crippen LogP contribution in [0.2, 0.25) is 0 Å². The van der Waals surface area contributed by atoms with E-state index < -0.39 is 6.09 Å². The van der Waals surface area contributed by atoms with Crippen molar-refractivity contribution in [3.63, 3.8) is 0 Å². The fraction of sp³-hybridized carbons (Fsp3) is 0.480. The Bertz CT molecular complexity index is 711. The summed E-state index contributed by atoms with van der Waals surface area (Å²) in [4.78, 5) is 15.3. The van der Waals surface area contributed by atoms with Crippen LogP contribution >= 0.6 is 15.9 Å². The molecular weight excluding hydrogens is 440 g/mol. The Labute approximate surface area is 191 Å². The number of hydrogen-bond acceptors (Lipinski definition) is 3. The van der Waals surface area contributed by atoms with Gasteiger partial charge >= 0.3 is 6.09 Å². The zero-order chi connectivity index (χ0) is 22.5. The maximum Gasteiger partial charge on any atom is 0.411 e. The van der Waals surface area contributed by atoms with Crippen LogP contribution in [0.4, 0.5) is 4.79 Å². The van der Waals surface area contributed by atoms with Crippen LogP contribution in [0.15, 0.2) is 72.2 Å². The summed E-state index contributed by atoms with van der Waals surface area (Å²) in [5.41, 5.74) is 2.69. The lowest BCUT2D eigenvalue weighted by Gasteiger charge is -2.36. The summed E-state index contributed by atoms with van der Waals surface area (Å²) in [6.07, 6.45) is 18.8. The van der Waals surface area contributed by atoms with Crippen molar-refractivity contribution in [2.24, 2.45) is 5.92 Å². The van der Waals surface area contributed by atoms with Crippen molar-refractivity contribution in [3.8, 4) is 0 Å². The van der Waals surface area contributed by atoms with Crippen LogP contribution in [-0.4, -0.2) is 36.0 Å². The average Bonchev–Trinajstić information content (AvgIpc) is 2.65. The van der Waals surface area contributed by atoms with E-state index >= 15 is 0 Å². The topological polar surface area (TPSA) is 41.6 Å². The molecule has 0 aromatic carbocycles. The highest BCUT2D eigenvalue weighted by atomic mass is 79.9. The molecule has 1 aliphatic rings. The maximum atomic E-state index is 12.8. The molecule has 4 nitrogen and oxygen atoms in total. The molecule has 166 valence electrons. The highest BCUT2D eigenvalue weighted by Gasteiger charge is 2.35. The number of allylic oxidation sites excluding steroid dienone is 7. The number of carbonyl (C=O) groups excluding carboxylic acids is 1. The number of rotatable bonds is 11. The fourth-order valence-electron chi connectivity index (χ4n) is 3.36. The molecule has 0 bridgehead atoms. The molecule has 0 spiro atoms. The average molecular weight is 477 g/mol. The number of alkyl halides is 1. The van der Waals surface area contributed by atoms with Crippen LogP contribution in [0.3, 0.4) is 0 Å². The smallest absolute Gasteiger partial charge is 0.411 e. The summed E-state index contributed by atoms with van der Waals surface area (Å²) in [6.45, 7) is 9.79. The van der Waals surface area contributed by atoms with E-state index in [0.717, 1.165) is 36.1 Å². The van der Waals surface area contributed by atoms with Crippen molar-refractivity contribution >= 4 is 22.0 Å². The van der Waals surface area contributed by atoms with Gasteiger partial charge in [-0.25, -0.2) is 4.79 Å². The van der Waals surface area contributed by atoms with Gasteiger partial charge in [0.1, 0.15) is 6.10 Å². The van der Waals surface area contributed by atoms with Gasteiger partial charge in [-0.15, -0.1) is 0 Å². The summed E-state index contributed by atoms with van der Waals surface area (Å²) in [7, 11) is 3.97. The zero-order valence-electron chi connectivity index (χ0n) is 19.0. The first-order valence-corrected chi connectivity index (χ1v) is 11.5. The first-order valence-electron chi connectivity index (χ1n) is 10.6. The Morgan fingerprint density at radius 3 is 2.53 bits per heavy atom.